The maximum absolute atomic E-state index is 4.58. The summed E-state index contributed by atoms with van der Waals surface area (Å²) in [6, 6.07) is 2.21. The minimum atomic E-state index is 0.174. The highest BCUT2D eigenvalue weighted by Crippen LogP contribution is 2.30. The molecule has 0 bridgehead atoms. The number of hydrogen-bond acceptors (Lipinski definition) is 5. The number of aryl methyl sites for hydroxylation is 2. The lowest BCUT2D eigenvalue weighted by Crippen LogP contribution is -2.38. The number of hydrogen-bond donors (Lipinski definition) is 0. The van der Waals surface area contributed by atoms with Gasteiger partial charge in [-0.05, 0) is 20.8 Å². The fourth-order valence-electron chi connectivity index (χ4n) is 2.99. The van der Waals surface area contributed by atoms with E-state index in [0.717, 1.165) is 42.1 Å². The highest BCUT2D eigenvalue weighted by molar-refractivity contribution is 5.42. The molecule has 112 valence electrons. The standard InChI is InChI=1S/C15H22N6/c1-9(2)14-18-19-15-11(4)20(6-7-21(14)15)13-8-10(3)16-12(5)17-13/h8-9,11H,6-7H2,1-5H3. The van der Waals surface area contributed by atoms with Crippen LogP contribution in [0.5, 0.6) is 0 Å². The average molecular weight is 286 g/mol. The summed E-state index contributed by atoms with van der Waals surface area (Å²) >= 11 is 0. The third-order valence-corrected chi connectivity index (χ3v) is 3.98. The quantitative estimate of drug-likeness (QED) is 0.848. The molecule has 1 aliphatic heterocycles. The highest BCUT2D eigenvalue weighted by atomic mass is 15.4. The van der Waals surface area contributed by atoms with Crippen LogP contribution in [0, 0.1) is 13.8 Å². The van der Waals surface area contributed by atoms with Crippen LogP contribution < -0.4 is 4.90 Å². The summed E-state index contributed by atoms with van der Waals surface area (Å²) in [5.74, 6) is 4.29. The van der Waals surface area contributed by atoms with E-state index in [0.29, 0.717) is 5.92 Å². The van der Waals surface area contributed by atoms with Crippen LogP contribution in [0.1, 0.15) is 55.9 Å². The molecule has 0 saturated carbocycles. The molecule has 1 aliphatic rings. The van der Waals surface area contributed by atoms with Crippen LogP contribution in [0.15, 0.2) is 6.07 Å². The predicted octanol–water partition coefficient (Wildman–Crippen LogP) is 2.39. The van der Waals surface area contributed by atoms with Gasteiger partial charge in [-0.3, -0.25) is 0 Å². The molecule has 0 aliphatic carbocycles. The summed E-state index contributed by atoms with van der Waals surface area (Å²) in [6.45, 7) is 12.2. The first-order valence-corrected chi connectivity index (χ1v) is 7.49. The van der Waals surface area contributed by atoms with E-state index in [1.807, 2.05) is 19.9 Å². The van der Waals surface area contributed by atoms with Gasteiger partial charge in [0.05, 0.1) is 6.04 Å². The van der Waals surface area contributed by atoms with Gasteiger partial charge in [0, 0.05) is 30.8 Å². The summed E-state index contributed by atoms with van der Waals surface area (Å²) in [4.78, 5) is 11.2. The van der Waals surface area contributed by atoms with Crippen LogP contribution in [0.4, 0.5) is 5.82 Å². The van der Waals surface area contributed by atoms with Gasteiger partial charge in [-0.25, -0.2) is 9.97 Å². The van der Waals surface area contributed by atoms with Crippen LogP contribution in [0.25, 0.3) is 0 Å². The zero-order valence-corrected chi connectivity index (χ0v) is 13.3. The van der Waals surface area contributed by atoms with Crippen molar-refractivity contribution in [2.45, 2.75) is 53.1 Å². The first-order chi connectivity index (χ1) is 9.97. The number of anilines is 1. The second-order valence-electron chi connectivity index (χ2n) is 6.01. The van der Waals surface area contributed by atoms with E-state index in [1.165, 1.54) is 0 Å². The molecule has 1 atom stereocenters. The summed E-state index contributed by atoms with van der Waals surface area (Å²) in [6.07, 6.45) is 0. The van der Waals surface area contributed by atoms with Gasteiger partial charge in [-0.2, -0.15) is 0 Å². The van der Waals surface area contributed by atoms with Gasteiger partial charge in [-0.15, -0.1) is 10.2 Å². The lowest BCUT2D eigenvalue weighted by molar-refractivity contribution is 0.476. The van der Waals surface area contributed by atoms with Gasteiger partial charge in [0.1, 0.15) is 17.5 Å². The van der Waals surface area contributed by atoms with E-state index >= 15 is 0 Å². The minimum absolute atomic E-state index is 0.174. The normalized spacial score (nSPS) is 18.2. The van der Waals surface area contributed by atoms with Gasteiger partial charge in [-0.1, -0.05) is 13.8 Å². The Balaban J connectivity index is 1.97. The van der Waals surface area contributed by atoms with E-state index < -0.39 is 0 Å². The van der Waals surface area contributed by atoms with Crippen molar-refractivity contribution in [3.05, 3.63) is 29.2 Å². The molecule has 6 nitrogen and oxygen atoms in total. The smallest absolute Gasteiger partial charge is 0.155 e. The molecule has 0 amide bonds. The fraction of sp³-hybridized carbons (Fsp3) is 0.600. The predicted molar refractivity (Wildman–Crippen MR) is 81.4 cm³/mol. The Hall–Kier alpha value is -1.98. The van der Waals surface area contributed by atoms with E-state index in [1.54, 1.807) is 0 Å². The molecular weight excluding hydrogens is 264 g/mol. The van der Waals surface area contributed by atoms with E-state index in [4.69, 9.17) is 0 Å². The third kappa shape index (κ3) is 2.39. The Morgan fingerprint density at radius 2 is 1.90 bits per heavy atom. The molecule has 2 aromatic heterocycles. The summed E-state index contributed by atoms with van der Waals surface area (Å²) in [5.41, 5.74) is 1.000. The van der Waals surface area contributed by atoms with Crippen molar-refractivity contribution in [1.82, 2.24) is 24.7 Å². The fourth-order valence-corrected chi connectivity index (χ4v) is 2.99. The molecule has 0 spiro atoms. The summed E-state index contributed by atoms with van der Waals surface area (Å²) < 4.78 is 2.26. The van der Waals surface area contributed by atoms with Gasteiger partial charge in [0.15, 0.2) is 5.82 Å². The van der Waals surface area contributed by atoms with E-state index in [-0.39, 0.29) is 6.04 Å². The van der Waals surface area contributed by atoms with Crippen LogP contribution in [-0.4, -0.2) is 31.3 Å². The molecule has 3 rings (SSSR count). The molecule has 0 N–H and O–H groups in total. The van der Waals surface area contributed by atoms with E-state index in [2.05, 4.69) is 50.4 Å². The monoisotopic (exact) mass is 286 g/mol. The Morgan fingerprint density at radius 3 is 2.57 bits per heavy atom. The van der Waals surface area contributed by atoms with Crippen molar-refractivity contribution in [2.75, 3.05) is 11.4 Å². The lowest BCUT2D eigenvalue weighted by Gasteiger charge is -2.35. The lowest BCUT2D eigenvalue weighted by atomic mass is 10.1. The molecule has 21 heavy (non-hydrogen) atoms. The van der Waals surface area contributed by atoms with Crippen molar-refractivity contribution in [2.24, 2.45) is 0 Å². The zero-order valence-electron chi connectivity index (χ0n) is 13.3. The molecule has 0 fully saturated rings. The van der Waals surface area contributed by atoms with Crippen molar-refractivity contribution in [3.63, 3.8) is 0 Å². The molecule has 0 saturated heterocycles. The Morgan fingerprint density at radius 1 is 1.14 bits per heavy atom. The summed E-state index contributed by atoms with van der Waals surface area (Å²) in [5, 5.41) is 8.77. The molecule has 0 radical (unpaired) electrons. The van der Waals surface area contributed by atoms with Crippen LogP contribution in [0.2, 0.25) is 0 Å². The maximum Gasteiger partial charge on any atom is 0.155 e. The highest BCUT2D eigenvalue weighted by Gasteiger charge is 2.29. The first kappa shape index (κ1) is 14.0. The van der Waals surface area contributed by atoms with Crippen LogP contribution in [0.3, 0.4) is 0 Å². The van der Waals surface area contributed by atoms with E-state index in [9.17, 15) is 0 Å². The minimum Gasteiger partial charge on any atom is -0.345 e. The Bertz CT molecular complexity index is 640. The van der Waals surface area contributed by atoms with Gasteiger partial charge < -0.3 is 9.47 Å². The second kappa shape index (κ2) is 5.09. The molecular formula is C15H22N6. The van der Waals surface area contributed by atoms with Crippen LogP contribution in [-0.2, 0) is 6.54 Å². The third-order valence-electron chi connectivity index (χ3n) is 3.98. The number of rotatable bonds is 2. The Labute approximate surface area is 125 Å². The van der Waals surface area contributed by atoms with Crippen molar-refractivity contribution in [3.8, 4) is 0 Å². The molecule has 6 heteroatoms. The van der Waals surface area contributed by atoms with Gasteiger partial charge >= 0.3 is 0 Å². The molecule has 3 heterocycles. The maximum atomic E-state index is 4.58. The van der Waals surface area contributed by atoms with Crippen molar-refractivity contribution >= 4 is 5.82 Å². The van der Waals surface area contributed by atoms with Crippen molar-refractivity contribution < 1.29 is 0 Å². The zero-order chi connectivity index (χ0) is 15.1. The largest absolute Gasteiger partial charge is 0.345 e. The Kier molecular flexibility index (Phi) is 3.39. The summed E-state index contributed by atoms with van der Waals surface area (Å²) in [7, 11) is 0. The molecule has 0 aromatic carbocycles. The first-order valence-electron chi connectivity index (χ1n) is 7.49. The number of fused-ring (bicyclic) bond motifs is 1. The molecule has 1 unspecified atom stereocenters. The number of aromatic nitrogens is 5. The van der Waals surface area contributed by atoms with Gasteiger partial charge in [0.2, 0.25) is 0 Å². The van der Waals surface area contributed by atoms with Gasteiger partial charge in [0.25, 0.3) is 0 Å². The van der Waals surface area contributed by atoms with Crippen LogP contribution >= 0.6 is 0 Å². The molecule has 2 aromatic rings. The topological polar surface area (TPSA) is 59.7 Å². The average Bonchev–Trinajstić information content (AvgIpc) is 2.82. The van der Waals surface area contributed by atoms with Crippen molar-refractivity contribution in [1.29, 1.82) is 0 Å². The second-order valence-corrected chi connectivity index (χ2v) is 6.01. The SMILES string of the molecule is Cc1cc(N2CCn3c(C(C)C)nnc3C2C)nc(C)n1. The number of nitrogens with zero attached hydrogens (tertiary/aromatic N) is 6.